The van der Waals surface area contributed by atoms with Gasteiger partial charge < -0.3 is 0 Å². The fourth-order valence-electron chi connectivity index (χ4n) is 2.18. The van der Waals surface area contributed by atoms with E-state index < -0.39 is 17.6 Å². The Morgan fingerprint density at radius 1 is 1.00 bits per heavy atom. The average Bonchev–Trinajstić information content (AvgIpc) is 2.35. The molecule has 4 heteroatoms. The van der Waals surface area contributed by atoms with Crippen LogP contribution in [0.15, 0.2) is 30.3 Å². The van der Waals surface area contributed by atoms with E-state index in [1.807, 2.05) is 0 Å². The van der Waals surface area contributed by atoms with Crippen molar-refractivity contribution in [2.45, 2.75) is 0 Å². The summed E-state index contributed by atoms with van der Waals surface area (Å²) in [5.74, 6) is -1.20. The number of nitrogens with zero attached hydrogens (tertiary/aromatic N) is 1. The summed E-state index contributed by atoms with van der Waals surface area (Å²) < 4.78 is 13.6. The third-order valence-electron chi connectivity index (χ3n) is 3.06. The second-order valence-corrected chi connectivity index (χ2v) is 3.99. The van der Waals surface area contributed by atoms with Gasteiger partial charge in [0.15, 0.2) is 0 Å². The second kappa shape index (κ2) is 3.13. The molecule has 0 spiro atoms. The van der Waals surface area contributed by atoms with Crippen LogP contribution in [0.1, 0.15) is 20.7 Å². The molecular formula is C13H8FNO2. The van der Waals surface area contributed by atoms with E-state index >= 15 is 0 Å². The molecule has 0 bridgehead atoms. The van der Waals surface area contributed by atoms with E-state index in [1.54, 1.807) is 18.2 Å². The highest BCUT2D eigenvalue weighted by atomic mass is 19.1. The Hall–Kier alpha value is -2.23. The molecule has 0 saturated carbocycles. The molecule has 3 nitrogen and oxygen atoms in total. The van der Waals surface area contributed by atoms with Gasteiger partial charge in [-0.2, -0.15) is 0 Å². The molecule has 0 radical (unpaired) electrons. The van der Waals surface area contributed by atoms with Gasteiger partial charge in [0, 0.05) is 28.9 Å². The lowest BCUT2D eigenvalue weighted by atomic mass is 9.94. The number of benzene rings is 2. The van der Waals surface area contributed by atoms with Gasteiger partial charge in [0.2, 0.25) is 0 Å². The number of hydrogen-bond donors (Lipinski definition) is 0. The molecule has 1 aliphatic heterocycles. The summed E-state index contributed by atoms with van der Waals surface area (Å²) >= 11 is 0. The molecule has 17 heavy (non-hydrogen) atoms. The first-order valence-electron chi connectivity index (χ1n) is 5.15. The quantitative estimate of drug-likeness (QED) is 0.649. The molecule has 3 rings (SSSR count). The van der Waals surface area contributed by atoms with Gasteiger partial charge in [0.05, 0.1) is 0 Å². The predicted octanol–water partition coefficient (Wildman–Crippen LogP) is 2.20. The highest BCUT2D eigenvalue weighted by molar-refractivity contribution is 6.25. The van der Waals surface area contributed by atoms with E-state index in [0.717, 1.165) is 4.90 Å². The monoisotopic (exact) mass is 229 g/mol. The number of carbonyl (C=O) groups is 2. The van der Waals surface area contributed by atoms with Gasteiger partial charge >= 0.3 is 0 Å². The number of rotatable bonds is 0. The topological polar surface area (TPSA) is 37.4 Å². The third-order valence-corrected chi connectivity index (χ3v) is 3.06. The number of imide groups is 1. The van der Waals surface area contributed by atoms with Gasteiger partial charge in [-0.3, -0.25) is 14.5 Å². The van der Waals surface area contributed by atoms with Crippen molar-refractivity contribution in [3.8, 4) is 0 Å². The predicted molar refractivity (Wildman–Crippen MR) is 60.3 cm³/mol. The summed E-state index contributed by atoms with van der Waals surface area (Å²) in [6.07, 6.45) is 0. The number of amides is 2. The highest BCUT2D eigenvalue weighted by Gasteiger charge is 2.30. The van der Waals surface area contributed by atoms with Crippen molar-refractivity contribution < 1.29 is 14.0 Å². The van der Waals surface area contributed by atoms with Gasteiger partial charge in [0.1, 0.15) is 5.82 Å². The molecule has 0 atom stereocenters. The maximum Gasteiger partial charge on any atom is 0.261 e. The molecule has 2 amide bonds. The number of hydrogen-bond acceptors (Lipinski definition) is 2. The zero-order valence-corrected chi connectivity index (χ0v) is 9.03. The lowest BCUT2D eigenvalue weighted by Gasteiger charge is -2.23. The number of carbonyl (C=O) groups excluding carboxylic acids is 2. The van der Waals surface area contributed by atoms with Crippen molar-refractivity contribution >= 4 is 22.6 Å². The minimum atomic E-state index is -0.421. The van der Waals surface area contributed by atoms with Crippen molar-refractivity contribution in [2.75, 3.05) is 7.05 Å². The van der Waals surface area contributed by atoms with Crippen LogP contribution in [0.2, 0.25) is 0 Å². The van der Waals surface area contributed by atoms with E-state index in [1.165, 1.54) is 19.2 Å². The Morgan fingerprint density at radius 2 is 1.65 bits per heavy atom. The fourth-order valence-corrected chi connectivity index (χ4v) is 2.18. The summed E-state index contributed by atoms with van der Waals surface area (Å²) in [5.41, 5.74) is 0.748. The van der Waals surface area contributed by atoms with Crippen LogP contribution in [0.25, 0.3) is 10.8 Å². The Bertz CT molecular complexity index is 656. The fraction of sp³-hybridized carbons (Fsp3) is 0.0769. The van der Waals surface area contributed by atoms with Crippen molar-refractivity contribution in [2.24, 2.45) is 0 Å². The average molecular weight is 229 g/mol. The van der Waals surface area contributed by atoms with Gasteiger partial charge in [-0.25, -0.2) is 4.39 Å². The van der Waals surface area contributed by atoms with E-state index in [9.17, 15) is 14.0 Å². The van der Waals surface area contributed by atoms with Gasteiger partial charge in [-0.15, -0.1) is 0 Å². The maximum atomic E-state index is 13.6. The molecule has 0 fully saturated rings. The Kier molecular flexibility index (Phi) is 1.84. The molecule has 0 N–H and O–H groups in total. The van der Waals surface area contributed by atoms with Crippen LogP contribution in [-0.2, 0) is 0 Å². The van der Waals surface area contributed by atoms with E-state index in [0.29, 0.717) is 21.9 Å². The molecule has 2 aromatic rings. The van der Waals surface area contributed by atoms with Crippen molar-refractivity contribution in [3.05, 3.63) is 47.3 Å². The molecular weight excluding hydrogens is 221 g/mol. The molecule has 0 unspecified atom stereocenters. The minimum Gasteiger partial charge on any atom is -0.277 e. The maximum absolute atomic E-state index is 13.6. The highest BCUT2D eigenvalue weighted by Crippen LogP contribution is 2.30. The molecule has 1 aliphatic rings. The zero-order chi connectivity index (χ0) is 12.2. The van der Waals surface area contributed by atoms with Crippen molar-refractivity contribution in [1.29, 1.82) is 0 Å². The summed E-state index contributed by atoms with van der Waals surface area (Å²) in [6.45, 7) is 0. The molecule has 0 aromatic heterocycles. The summed E-state index contributed by atoms with van der Waals surface area (Å²) in [7, 11) is 1.43. The van der Waals surface area contributed by atoms with Crippen LogP contribution in [0.5, 0.6) is 0 Å². The summed E-state index contributed by atoms with van der Waals surface area (Å²) in [5, 5.41) is 0.732. The van der Waals surface area contributed by atoms with Crippen LogP contribution in [0, 0.1) is 5.82 Å². The van der Waals surface area contributed by atoms with Crippen LogP contribution in [0.4, 0.5) is 4.39 Å². The first kappa shape index (κ1) is 9.96. The normalized spacial score (nSPS) is 14.6. The zero-order valence-electron chi connectivity index (χ0n) is 9.03. The van der Waals surface area contributed by atoms with E-state index in [4.69, 9.17) is 0 Å². The Balaban J connectivity index is 2.54. The van der Waals surface area contributed by atoms with Gasteiger partial charge in [0.25, 0.3) is 11.8 Å². The van der Waals surface area contributed by atoms with Crippen molar-refractivity contribution in [1.82, 2.24) is 4.90 Å². The summed E-state index contributed by atoms with van der Waals surface area (Å²) in [6, 6.07) is 7.47. The Morgan fingerprint density at radius 3 is 2.35 bits per heavy atom. The lowest BCUT2D eigenvalue weighted by Crippen LogP contribution is -2.36. The minimum absolute atomic E-state index is 0.315. The standard InChI is InChI=1S/C13H8FNO2/c1-15-12(16)8-4-2-3-7-10(14)6-5-9(11(7)8)13(15)17/h2-6H,1H3. The molecule has 84 valence electrons. The first-order chi connectivity index (χ1) is 8.11. The smallest absolute Gasteiger partial charge is 0.261 e. The van der Waals surface area contributed by atoms with Crippen molar-refractivity contribution in [3.63, 3.8) is 0 Å². The van der Waals surface area contributed by atoms with Crippen LogP contribution >= 0.6 is 0 Å². The SMILES string of the molecule is CN1C(=O)c2cccc3c(F)ccc(c23)C1=O. The van der Waals surface area contributed by atoms with Crippen LogP contribution < -0.4 is 0 Å². The largest absolute Gasteiger partial charge is 0.277 e. The van der Waals surface area contributed by atoms with E-state index in [2.05, 4.69) is 0 Å². The molecule has 2 aromatic carbocycles. The van der Waals surface area contributed by atoms with Crippen LogP contribution in [-0.4, -0.2) is 23.8 Å². The van der Waals surface area contributed by atoms with Crippen LogP contribution in [0.3, 0.4) is 0 Å². The second-order valence-electron chi connectivity index (χ2n) is 3.99. The Labute approximate surface area is 96.5 Å². The molecule has 0 aliphatic carbocycles. The lowest BCUT2D eigenvalue weighted by molar-refractivity contribution is 0.0650. The molecule has 0 saturated heterocycles. The number of halogens is 1. The van der Waals surface area contributed by atoms with Gasteiger partial charge in [-0.05, 0) is 18.2 Å². The van der Waals surface area contributed by atoms with E-state index in [-0.39, 0.29) is 0 Å². The first-order valence-corrected chi connectivity index (χ1v) is 5.15. The molecule has 1 heterocycles. The third kappa shape index (κ3) is 1.15. The summed E-state index contributed by atoms with van der Waals surface area (Å²) in [4.78, 5) is 24.9. The van der Waals surface area contributed by atoms with Gasteiger partial charge in [-0.1, -0.05) is 12.1 Å².